The van der Waals surface area contributed by atoms with Crippen LogP contribution in [0.1, 0.15) is 49.0 Å². The molecule has 1 aromatic rings. The van der Waals surface area contributed by atoms with Crippen LogP contribution in [0.5, 0.6) is 0 Å². The van der Waals surface area contributed by atoms with Gasteiger partial charge in [-0.25, -0.2) is 9.59 Å². The topological polar surface area (TPSA) is 194 Å². The lowest BCUT2D eigenvalue weighted by molar-refractivity contribution is -0.0316. The van der Waals surface area contributed by atoms with Gasteiger partial charge in [-0.15, -0.1) is 4.28 Å². The number of likely N-dealkylation sites (N-methyl/N-ethyl adjacent to an activating group) is 1. The predicted octanol–water partition coefficient (Wildman–Crippen LogP) is -0.483. The van der Waals surface area contributed by atoms with E-state index in [0.29, 0.717) is 16.3 Å². The highest BCUT2D eigenvalue weighted by Crippen LogP contribution is 2.44. The number of hydroxylamine groups is 2. The quantitative estimate of drug-likeness (QED) is 0.139. The number of aromatic nitrogens is 2. The molecule has 5 N–H and O–H groups in total. The Morgan fingerprint density at radius 2 is 2.03 bits per heavy atom. The number of carbonyl (C=O) groups is 2. The first-order valence-electron chi connectivity index (χ1n) is 10.4. The van der Waals surface area contributed by atoms with Crippen LogP contribution in [0.25, 0.3) is 0 Å². The number of carbonyl (C=O) groups excluding carboxylic acids is 2. The Labute approximate surface area is 189 Å². The van der Waals surface area contributed by atoms with E-state index >= 15 is 0 Å². The molecule has 1 aromatic heterocycles. The Morgan fingerprint density at radius 3 is 2.67 bits per heavy atom. The number of nitrogens with two attached hydrogens (primary N) is 1. The molecule has 16 heteroatoms. The second-order valence-corrected chi connectivity index (χ2v) is 9.16. The third-order valence-electron chi connectivity index (χ3n) is 6.04. The van der Waals surface area contributed by atoms with E-state index in [4.69, 9.17) is 15.1 Å². The van der Waals surface area contributed by atoms with E-state index < -0.39 is 34.6 Å². The van der Waals surface area contributed by atoms with Gasteiger partial charge in [-0.2, -0.15) is 18.6 Å². The summed E-state index contributed by atoms with van der Waals surface area (Å²) in [6.45, 7) is 0.0347. The molecule has 3 heterocycles. The molecule has 4 rings (SSSR count). The third-order valence-corrected chi connectivity index (χ3v) is 6.39. The summed E-state index contributed by atoms with van der Waals surface area (Å²) in [6, 6.07) is -2.43. The average Bonchev–Trinajstić information content (AvgIpc) is 3.25. The van der Waals surface area contributed by atoms with Gasteiger partial charge >= 0.3 is 22.5 Å². The molecule has 1 saturated heterocycles. The number of nitrogens with one attached hydrogen (secondary N) is 2. The monoisotopic (exact) mass is 486 g/mol. The summed E-state index contributed by atoms with van der Waals surface area (Å²) in [7, 11) is -1.75. The molecule has 2 fully saturated rings. The number of urea groups is 1. The highest BCUT2D eigenvalue weighted by Gasteiger charge is 2.53. The van der Waals surface area contributed by atoms with Crippen LogP contribution < -0.4 is 16.4 Å². The molecule has 3 amide bonds. The Bertz CT molecular complexity index is 1070. The van der Waals surface area contributed by atoms with Crippen LogP contribution in [0.3, 0.4) is 0 Å². The van der Waals surface area contributed by atoms with Crippen LogP contribution >= 0.6 is 0 Å². The molecule has 1 saturated carbocycles. The van der Waals surface area contributed by atoms with Crippen LogP contribution in [0.2, 0.25) is 0 Å². The molecule has 2 aliphatic heterocycles. The van der Waals surface area contributed by atoms with Gasteiger partial charge in [-0.3, -0.25) is 14.1 Å². The van der Waals surface area contributed by atoms with E-state index in [1.165, 1.54) is 22.8 Å². The van der Waals surface area contributed by atoms with Gasteiger partial charge in [0.25, 0.3) is 0 Å². The number of hydrogen-bond donors (Lipinski definition) is 4. The summed E-state index contributed by atoms with van der Waals surface area (Å²) in [6.07, 6.45) is 3.83. The van der Waals surface area contributed by atoms with Crippen LogP contribution in [0.15, 0.2) is 11.4 Å². The smallest absolute Gasteiger partial charge is 0.372 e. The van der Waals surface area contributed by atoms with E-state index in [1.807, 2.05) is 0 Å². The largest absolute Gasteiger partial charge is 0.433 e. The minimum absolute atomic E-state index is 0.0347. The number of nitrogens with zero attached hydrogens (tertiary/aromatic N) is 5. The average molecular weight is 487 g/mol. The number of hydrogen-bond acceptors (Lipinski definition) is 9. The summed E-state index contributed by atoms with van der Waals surface area (Å²) in [5.41, 5.74) is 6.89. The second-order valence-electron chi connectivity index (χ2n) is 8.15. The highest BCUT2D eigenvalue weighted by molar-refractivity contribution is 7.80. The lowest BCUT2D eigenvalue weighted by atomic mass is 9.92. The van der Waals surface area contributed by atoms with Crippen molar-refractivity contribution in [2.24, 2.45) is 17.9 Å². The molecule has 182 valence electrons. The first-order valence-corrected chi connectivity index (χ1v) is 11.7. The third kappa shape index (κ3) is 4.59. The number of aryl methyl sites for hydroxylation is 1. The predicted molar refractivity (Wildman–Crippen MR) is 112 cm³/mol. The van der Waals surface area contributed by atoms with Crippen molar-refractivity contribution >= 4 is 28.4 Å². The van der Waals surface area contributed by atoms with Gasteiger partial charge < -0.3 is 21.3 Å². The lowest BCUT2D eigenvalue weighted by Crippen LogP contribution is -2.44. The van der Waals surface area contributed by atoms with E-state index in [0.717, 1.165) is 25.7 Å². The van der Waals surface area contributed by atoms with Crippen molar-refractivity contribution in [3.8, 4) is 0 Å². The van der Waals surface area contributed by atoms with Crippen LogP contribution in [0, 0.1) is 0 Å². The number of amides is 3. The van der Waals surface area contributed by atoms with Gasteiger partial charge in [0.15, 0.2) is 5.84 Å². The molecular weight excluding hydrogens is 460 g/mol. The fourth-order valence-corrected chi connectivity index (χ4v) is 4.85. The lowest BCUT2D eigenvalue weighted by Gasteiger charge is -2.31. The van der Waals surface area contributed by atoms with Crippen molar-refractivity contribution in [2.45, 2.75) is 49.9 Å². The SMILES string of the molecule is CN/C(=N\OC(=O)N[C@H]1CC[C@H](N)CC1)[C@@H]1c2c(cnn2C)[C@H]2CN1C(=O)N2OS(=O)(=O)O. The highest BCUT2D eigenvalue weighted by atomic mass is 32.3. The second kappa shape index (κ2) is 8.77. The zero-order chi connectivity index (χ0) is 23.9. The maximum Gasteiger partial charge on any atom is 0.433 e. The standard InChI is InChI=1S/C17H26N8O7S/c1-19-15(22-31-16(26)21-10-5-3-9(18)4-6-10)14-13-11(7-20-23(13)2)12-8-24(14)17(27)25(12)32-33(28,29)30/h7,9-10,12,14H,3-6,8,18H2,1-2H3,(H,19,22)(H,21,26)(H,28,29,30)/t9-,10-,12-,14+/m1/s1. The molecule has 2 atom stereocenters. The fraction of sp³-hybridized carbons (Fsp3) is 0.647. The molecule has 0 spiro atoms. The van der Waals surface area contributed by atoms with Gasteiger partial charge in [0.2, 0.25) is 0 Å². The minimum atomic E-state index is -4.94. The van der Waals surface area contributed by atoms with Crippen LogP contribution in [-0.2, 0) is 26.6 Å². The van der Waals surface area contributed by atoms with Crippen LogP contribution in [-0.4, -0.2) is 76.4 Å². The zero-order valence-electron chi connectivity index (χ0n) is 18.0. The van der Waals surface area contributed by atoms with Crippen molar-refractivity contribution in [2.75, 3.05) is 13.6 Å². The molecule has 2 bridgehead atoms. The van der Waals surface area contributed by atoms with Gasteiger partial charge in [0.05, 0.1) is 18.4 Å². The van der Waals surface area contributed by atoms with Crippen LogP contribution in [0.4, 0.5) is 9.59 Å². The maximum atomic E-state index is 12.9. The van der Waals surface area contributed by atoms with E-state index in [2.05, 4.69) is 25.2 Å². The van der Waals surface area contributed by atoms with Crippen molar-refractivity contribution < 1.29 is 31.7 Å². The molecule has 33 heavy (non-hydrogen) atoms. The Morgan fingerprint density at radius 1 is 1.33 bits per heavy atom. The van der Waals surface area contributed by atoms with Crippen molar-refractivity contribution in [3.05, 3.63) is 17.5 Å². The molecule has 1 aliphatic carbocycles. The molecule has 0 radical (unpaired) electrons. The molecule has 3 aliphatic rings. The number of fused-ring (bicyclic) bond motifs is 4. The Balaban J connectivity index is 1.56. The molecular formula is C17H26N8O7S. The first kappa shape index (κ1) is 23.2. The van der Waals surface area contributed by atoms with E-state index in [-0.39, 0.29) is 24.5 Å². The van der Waals surface area contributed by atoms with Gasteiger partial charge in [-0.05, 0) is 25.7 Å². The normalized spacial score (nSPS) is 27.4. The summed E-state index contributed by atoms with van der Waals surface area (Å²) < 4.78 is 37.6. The first-order chi connectivity index (χ1) is 15.6. The number of rotatable bonds is 5. The number of amidine groups is 1. The minimum Gasteiger partial charge on any atom is -0.372 e. The van der Waals surface area contributed by atoms with E-state index in [9.17, 15) is 18.0 Å². The summed E-state index contributed by atoms with van der Waals surface area (Å²) in [5.74, 6) is 0.112. The van der Waals surface area contributed by atoms with Gasteiger partial charge in [0, 0.05) is 31.7 Å². The molecule has 0 aromatic carbocycles. The van der Waals surface area contributed by atoms with E-state index in [1.54, 1.807) is 7.05 Å². The number of oxime groups is 1. The Kier molecular flexibility index (Phi) is 6.17. The summed E-state index contributed by atoms with van der Waals surface area (Å²) in [5, 5.41) is 14.3. The maximum absolute atomic E-state index is 12.9. The summed E-state index contributed by atoms with van der Waals surface area (Å²) >= 11 is 0. The van der Waals surface area contributed by atoms with Crippen molar-refractivity contribution in [1.29, 1.82) is 0 Å². The summed E-state index contributed by atoms with van der Waals surface area (Å²) in [4.78, 5) is 31.5. The zero-order valence-corrected chi connectivity index (χ0v) is 18.9. The Hall–Kier alpha value is -2.95. The van der Waals surface area contributed by atoms with Gasteiger partial charge in [-0.1, -0.05) is 5.16 Å². The van der Waals surface area contributed by atoms with Crippen molar-refractivity contribution in [3.63, 3.8) is 0 Å². The fourth-order valence-electron chi connectivity index (χ4n) is 4.48. The molecule has 15 nitrogen and oxygen atoms in total. The molecule has 0 unspecified atom stereocenters. The van der Waals surface area contributed by atoms with Crippen molar-refractivity contribution in [1.82, 2.24) is 30.4 Å². The van der Waals surface area contributed by atoms with Gasteiger partial charge in [0.1, 0.15) is 12.1 Å².